The molecule has 0 aliphatic rings. The summed E-state index contributed by atoms with van der Waals surface area (Å²) in [5, 5.41) is 19.1. The van der Waals surface area contributed by atoms with Crippen molar-refractivity contribution in [3.63, 3.8) is 0 Å². The quantitative estimate of drug-likeness (QED) is 0.187. The normalized spacial score (nSPS) is 11.8. The SMILES string of the molecule is C=C/C(=C(Cl)\C(C#N)=C(/C)Oc1ccc(OC)cc1)c1ccc(Oc2cccc(F)c2C#N)cc1. The lowest BCUT2D eigenvalue weighted by molar-refractivity contribution is 0.407. The van der Waals surface area contributed by atoms with E-state index >= 15 is 0 Å². The molecule has 0 aliphatic heterocycles. The van der Waals surface area contributed by atoms with Crippen molar-refractivity contribution >= 4 is 17.2 Å². The summed E-state index contributed by atoms with van der Waals surface area (Å²) in [4.78, 5) is 0. The summed E-state index contributed by atoms with van der Waals surface area (Å²) in [6.07, 6.45) is 1.54. The second-order valence-corrected chi connectivity index (χ2v) is 7.48. The first kappa shape index (κ1) is 25.1. The minimum absolute atomic E-state index is 0.110. The van der Waals surface area contributed by atoms with Crippen molar-refractivity contribution in [1.82, 2.24) is 0 Å². The predicted molar refractivity (Wildman–Crippen MR) is 133 cm³/mol. The molecule has 0 amide bonds. The Hall–Kier alpha value is -4.52. The first-order chi connectivity index (χ1) is 16.9. The van der Waals surface area contributed by atoms with Crippen molar-refractivity contribution in [1.29, 1.82) is 10.5 Å². The van der Waals surface area contributed by atoms with E-state index in [2.05, 4.69) is 12.6 Å². The highest BCUT2D eigenvalue weighted by Gasteiger charge is 2.15. The lowest BCUT2D eigenvalue weighted by Crippen LogP contribution is -1.98. The number of ether oxygens (including phenoxy) is 3. The number of halogens is 2. The minimum Gasteiger partial charge on any atom is -0.497 e. The van der Waals surface area contributed by atoms with Gasteiger partial charge in [0.15, 0.2) is 0 Å². The Morgan fingerprint density at radius 2 is 1.60 bits per heavy atom. The zero-order valence-corrected chi connectivity index (χ0v) is 19.8. The Kier molecular flexibility index (Phi) is 8.29. The lowest BCUT2D eigenvalue weighted by atomic mass is 10.0. The number of nitriles is 2. The van der Waals surface area contributed by atoms with Crippen LogP contribution in [0, 0.1) is 28.5 Å². The average Bonchev–Trinajstić information content (AvgIpc) is 2.86. The van der Waals surface area contributed by atoms with Crippen molar-refractivity contribution in [2.45, 2.75) is 6.92 Å². The monoisotopic (exact) mass is 486 g/mol. The molecule has 0 saturated heterocycles. The highest BCUT2D eigenvalue weighted by Crippen LogP contribution is 2.33. The molecular formula is C28H20ClFN2O3. The van der Waals surface area contributed by atoms with Gasteiger partial charge in [0.1, 0.15) is 57.8 Å². The first-order valence-corrected chi connectivity index (χ1v) is 10.7. The molecule has 3 aromatic carbocycles. The molecule has 0 unspecified atom stereocenters. The Labute approximate surface area is 208 Å². The Morgan fingerprint density at radius 1 is 0.971 bits per heavy atom. The summed E-state index contributed by atoms with van der Waals surface area (Å²) in [6.45, 7) is 5.47. The van der Waals surface area contributed by atoms with Crippen LogP contribution in [0.2, 0.25) is 0 Å². The van der Waals surface area contributed by atoms with Crippen LogP contribution in [0.5, 0.6) is 23.0 Å². The van der Waals surface area contributed by atoms with Crippen molar-refractivity contribution in [3.8, 4) is 35.1 Å². The molecule has 7 heteroatoms. The van der Waals surface area contributed by atoms with Crippen molar-refractivity contribution in [2.75, 3.05) is 7.11 Å². The molecule has 0 heterocycles. The average molecular weight is 487 g/mol. The van der Waals surface area contributed by atoms with Gasteiger partial charge in [0.05, 0.1) is 12.1 Å². The summed E-state index contributed by atoms with van der Waals surface area (Å²) in [6, 6.07) is 21.7. The van der Waals surface area contributed by atoms with Crippen molar-refractivity contribution in [3.05, 3.63) is 113 Å². The van der Waals surface area contributed by atoms with Gasteiger partial charge in [-0.15, -0.1) is 0 Å². The topological polar surface area (TPSA) is 75.3 Å². The van der Waals surface area contributed by atoms with Crippen LogP contribution in [0.25, 0.3) is 5.57 Å². The van der Waals surface area contributed by atoms with Crippen LogP contribution < -0.4 is 14.2 Å². The molecule has 3 aromatic rings. The molecule has 0 spiro atoms. The van der Waals surface area contributed by atoms with Gasteiger partial charge < -0.3 is 14.2 Å². The van der Waals surface area contributed by atoms with Crippen LogP contribution in [0.3, 0.4) is 0 Å². The molecule has 5 nitrogen and oxygen atoms in total. The predicted octanol–water partition coefficient (Wildman–Crippen LogP) is 7.51. The lowest BCUT2D eigenvalue weighted by Gasteiger charge is -2.12. The van der Waals surface area contributed by atoms with Crippen LogP contribution >= 0.6 is 11.6 Å². The Balaban J connectivity index is 1.89. The minimum atomic E-state index is -0.659. The van der Waals surface area contributed by atoms with E-state index < -0.39 is 5.82 Å². The molecule has 0 aliphatic carbocycles. The van der Waals surface area contributed by atoms with E-state index in [4.69, 9.17) is 25.8 Å². The molecule has 0 fully saturated rings. The summed E-state index contributed by atoms with van der Waals surface area (Å²) in [7, 11) is 1.57. The second kappa shape index (κ2) is 11.6. The summed E-state index contributed by atoms with van der Waals surface area (Å²) < 4.78 is 30.4. The van der Waals surface area contributed by atoms with E-state index in [0.29, 0.717) is 34.1 Å². The maximum Gasteiger partial charge on any atom is 0.148 e. The van der Waals surface area contributed by atoms with Gasteiger partial charge in [-0.1, -0.05) is 42.5 Å². The molecule has 3 rings (SSSR count). The highest BCUT2D eigenvalue weighted by molar-refractivity contribution is 6.36. The van der Waals surface area contributed by atoms with E-state index in [9.17, 15) is 14.9 Å². The standard InChI is InChI=1S/C28H20ClFN2O3/c1-4-23(28(29)24(16-31)18(2)34-21-14-12-20(33-3)13-15-21)19-8-10-22(11-9-19)35-27-7-5-6-26(30)25(27)17-32/h4-15H,1H2,2-3H3/b24-18+,28-23-. The third kappa shape index (κ3) is 5.89. The van der Waals surface area contributed by atoms with Crippen LogP contribution in [-0.4, -0.2) is 7.11 Å². The van der Waals surface area contributed by atoms with Gasteiger partial charge in [0.2, 0.25) is 0 Å². The van der Waals surface area contributed by atoms with Gasteiger partial charge in [0.25, 0.3) is 0 Å². The first-order valence-electron chi connectivity index (χ1n) is 10.3. The number of rotatable bonds is 8. The van der Waals surface area contributed by atoms with E-state index in [1.54, 1.807) is 68.6 Å². The van der Waals surface area contributed by atoms with Crippen LogP contribution in [0.4, 0.5) is 4.39 Å². The van der Waals surface area contributed by atoms with E-state index in [-0.39, 0.29) is 21.9 Å². The van der Waals surface area contributed by atoms with Crippen molar-refractivity contribution < 1.29 is 18.6 Å². The van der Waals surface area contributed by atoms with Crippen molar-refractivity contribution in [2.24, 2.45) is 0 Å². The van der Waals surface area contributed by atoms with Crippen LogP contribution in [-0.2, 0) is 0 Å². The van der Waals surface area contributed by atoms with Gasteiger partial charge in [-0.05, 0) is 61.0 Å². The number of hydrogen-bond donors (Lipinski definition) is 0. The molecule has 0 atom stereocenters. The number of hydrogen-bond acceptors (Lipinski definition) is 5. The molecule has 0 bridgehead atoms. The molecule has 174 valence electrons. The molecule has 35 heavy (non-hydrogen) atoms. The van der Waals surface area contributed by atoms with E-state index in [1.165, 1.54) is 24.3 Å². The second-order valence-electron chi connectivity index (χ2n) is 7.10. The van der Waals surface area contributed by atoms with E-state index in [1.807, 2.05) is 0 Å². The van der Waals surface area contributed by atoms with Crippen LogP contribution in [0.1, 0.15) is 18.1 Å². The third-order valence-corrected chi connectivity index (χ3v) is 5.33. The fraction of sp³-hybridized carbons (Fsp3) is 0.0714. The maximum absolute atomic E-state index is 13.8. The molecule has 0 aromatic heterocycles. The number of nitrogens with zero attached hydrogens (tertiary/aromatic N) is 2. The largest absolute Gasteiger partial charge is 0.497 e. The highest BCUT2D eigenvalue weighted by atomic mass is 35.5. The van der Waals surface area contributed by atoms with E-state index in [0.717, 1.165) is 0 Å². The van der Waals surface area contributed by atoms with Gasteiger partial charge >= 0.3 is 0 Å². The molecule has 0 radical (unpaired) electrons. The third-order valence-electron chi connectivity index (χ3n) is 4.93. The summed E-state index contributed by atoms with van der Waals surface area (Å²) in [5.74, 6) is 1.37. The maximum atomic E-state index is 13.8. The van der Waals surface area contributed by atoms with Crippen LogP contribution in [0.15, 0.2) is 95.7 Å². The smallest absolute Gasteiger partial charge is 0.148 e. The Bertz CT molecular complexity index is 1380. The van der Waals surface area contributed by atoms with Gasteiger partial charge in [-0.2, -0.15) is 10.5 Å². The van der Waals surface area contributed by atoms with Gasteiger partial charge in [-0.25, -0.2) is 4.39 Å². The Morgan fingerprint density at radius 3 is 2.17 bits per heavy atom. The molecule has 0 saturated carbocycles. The van der Waals surface area contributed by atoms with Gasteiger partial charge in [0, 0.05) is 5.57 Å². The summed E-state index contributed by atoms with van der Waals surface area (Å²) in [5.41, 5.74) is 1.15. The number of benzene rings is 3. The molecule has 0 N–H and O–H groups in total. The number of allylic oxidation sites excluding steroid dienone is 5. The van der Waals surface area contributed by atoms with Gasteiger partial charge in [-0.3, -0.25) is 0 Å². The fourth-order valence-corrected chi connectivity index (χ4v) is 3.51. The summed E-state index contributed by atoms with van der Waals surface area (Å²) >= 11 is 6.60. The zero-order valence-electron chi connectivity index (χ0n) is 19.0. The molecular weight excluding hydrogens is 467 g/mol. The number of methoxy groups -OCH3 is 1. The fourth-order valence-electron chi connectivity index (χ4n) is 3.15. The zero-order chi connectivity index (χ0) is 25.4.